The second-order valence-corrected chi connectivity index (χ2v) is 5.86. The van der Waals surface area contributed by atoms with Gasteiger partial charge in [0, 0.05) is 19.2 Å². The van der Waals surface area contributed by atoms with Gasteiger partial charge in [-0.2, -0.15) is 13.2 Å². The Hall–Kier alpha value is -3.21. The summed E-state index contributed by atoms with van der Waals surface area (Å²) in [6.45, 7) is 0. The van der Waals surface area contributed by atoms with Gasteiger partial charge in [0.15, 0.2) is 5.75 Å². The van der Waals surface area contributed by atoms with Crippen LogP contribution < -0.4 is 16.0 Å². The van der Waals surface area contributed by atoms with Crippen LogP contribution in [-0.4, -0.2) is 19.1 Å². The van der Waals surface area contributed by atoms with Crippen molar-refractivity contribution in [3.63, 3.8) is 0 Å². The molecule has 0 N–H and O–H groups in total. The molecule has 0 amide bonds. The molecule has 12 heteroatoms. The molecule has 0 bridgehead atoms. The lowest BCUT2D eigenvalue weighted by Gasteiger charge is -2.15. The summed E-state index contributed by atoms with van der Waals surface area (Å²) < 4.78 is 59.1. The van der Waals surface area contributed by atoms with Crippen LogP contribution in [0.1, 0.15) is 5.69 Å². The van der Waals surface area contributed by atoms with E-state index in [2.05, 4.69) is 9.97 Å². The lowest BCUT2D eigenvalue weighted by Crippen LogP contribution is -2.41. The molecule has 3 aromatic rings. The Morgan fingerprint density at radius 3 is 2.36 bits per heavy atom. The summed E-state index contributed by atoms with van der Waals surface area (Å²) in [6.07, 6.45) is -1.16. The normalized spacial score (nSPS) is 11.5. The Morgan fingerprint density at radius 2 is 1.75 bits per heavy atom. The highest BCUT2D eigenvalue weighted by molar-refractivity contribution is 6.32. The van der Waals surface area contributed by atoms with E-state index in [1.807, 2.05) is 0 Å². The summed E-state index contributed by atoms with van der Waals surface area (Å²) >= 11 is 5.91. The molecular weight excluding hydrogens is 408 g/mol. The highest BCUT2D eigenvalue weighted by Gasteiger charge is 2.35. The van der Waals surface area contributed by atoms with Crippen LogP contribution in [0.3, 0.4) is 0 Å². The predicted molar refractivity (Wildman–Crippen MR) is 89.4 cm³/mol. The molecule has 7 nitrogen and oxygen atoms in total. The van der Waals surface area contributed by atoms with E-state index in [-0.39, 0.29) is 31.7 Å². The second-order valence-electron chi connectivity index (χ2n) is 5.45. The minimum atomic E-state index is -4.94. The zero-order chi connectivity index (χ0) is 20.6. The Morgan fingerprint density at radius 1 is 1.11 bits per heavy atom. The third kappa shape index (κ3) is 3.60. The summed E-state index contributed by atoms with van der Waals surface area (Å²) in [6, 6.07) is 1.88. The third-order valence-electron chi connectivity index (χ3n) is 3.62. The Balaban J connectivity index is 2.20. The van der Waals surface area contributed by atoms with Crippen LogP contribution in [0.15, 0.2) is 46.5 Å². The van der Waals surface area contributed by atoms with Gasteiger partial charge in [-0.25, -0.2) is 23.7 Å². The van der Waals surface area contributed by atoms with Gasteiger partial charge in [0.2, 0.25) is 0 Å². The first kappa shape index (κ1) is 19.5. The second kappa shape index (κ2) is 7.08. The molecule has 0 unspecified atom stereocenters. The zero-order valence-electron chi connectivity index (χ0n) is 13.9. The number of ether oxygens (including phenoxy) is 1. The van der Waals surface area contributed by atoms with Crippen molar-refractivity contribution in [1.82, 2.24) is 19.1 Å². The predicted octanol–water partition coefficient (Wildman–Crippen LogP) is 2.93. The number of nitrogens with zero attached hydrogens (tertiary/aromatic N) is 4. The van der Waals surface area contributed by atoms with E-state index in [9.17, 15) is 27.2 Å². The van der Waals surface area contributed by atoms with E-state index < -0.39 is 34.6 Å². The Kier molecular flexibility index (Phi) is 4.94. The molecular formula is C16H9ClF4N4O3. The van der Waals surface area contributed by atoms with E-state index in [4.69, 9.17) is 16.3 Å². The van der Waals surface area contributed by atoms with Crippen molar-refractivity contribution in [2.24, 2.45) is 7.05 Å². The molecule has 1 aromatic carbocycles. The van der Waals surface area contributed by atoms with Crippen molar-refractivity contribution in [3.05, 3.63) is 74.3 Å². The fourth-order valence-electron chi connectivity index (χ4n) is 2.35. The highest BCUT2D eigenvalue weighted by atomic mass is 35.5. The van der Waals surface area contributed by atoms with Crippen LogP contribution in [0.4, 0.5) is 17.6 Å². The molecule has 0 fully saturated rings. The van der Waals surface area contributed by atoms with Crippen LogP contribution in [0, 0.1) is 5.82 Å². The zero-order valence-corrected chi connectivity index (χ0v) is 14.6. The van der Waals surface area contributed by atoms with Crippen molar-refractivity contribution in [1.29, 1.82) is 0 Å². The van der Waals surface area contributed by atoms with Crippen molar-refractivity contribution >= 4 is 11.6 Å². The van der Waals surface area contributed by atoms with Crippen molar-refractivity contribution in [2.45, 2.75) is 6.18 Å². The van der Waals surface area contributed by atoms with Gasteiger partial charge in [-0.05, 0) is 6.07 Å². The van der Waals surface area contributed by atoms with Crippen LogP contribution in [0.25, 0.3) is 5.69 Å². The first-order valence-electron chi connectivity index (χ1n) is 7.42. The first-order chi connectivity index (χ1) is 13.1. The summed E-state index contributed by atoms with van der Waals surface area (Å²) in [5.74, 6) is -1.16. The molecule has 0 aliphatic rings. The lowest BCUT2D eigenvalue weighted by atomic mass is 10.2. The van der Waals surface area contributed by atoms with Gasteiger partial charge in [-0.15, -0.1) is 0 Å². The molecule has 0 saturated heterocycles. The SMILES string of the molecule is Cn1c(C(F)(F)F)cc(=O)n(-c2cc(Oc3cncnc3)c(Cl)cc2F)c1=O. The maximum atomic E-state index is 14.4. The number of rotatable bonds is 3. The largest absolute Gasteiger partial charge is 0.452 e. The molecule has 0 aliphatic heterocycles. The Labute approximate surface area is 158 Å². The summed E-state index contributed by atoms with van der Waals surface area (Å²) in [5.41, 5.74) is -4.86. The number of hydrogen-bond acceptors (Lipinski definition) is 5. The van der Waals surface area contributed by atoms with Crippen molar-refractivity contribution in [3.8, 4) is 17.2 Å². The van der Waals surface area contributed by atoms with Gasteiger partial charge >= 0.3 is 11.9 Å². The van der Waals surface area contributed by atoms with Gasteiger partial charge in [-0.3, -0.25) is 9.36 Å². The third-order valence-corrected chi connectivity index (χ3v) is 3.91. The van der Waals surface area contributed by atoms with Gasteiger partial charge in [0.05, 0.1) is 23.1 Å². The standard InChI is InChI=1S/C16H9ClF4N4O3/c1-24-13(16(19,20)21)4-14(26)25(15(24)27)11-3-12(9(17)2-10(11)18)28-8-5-22-7-23-6-8/h2-7H,1H3. The van der Waals surface area contributed by atoms with E-state index in [1.54, 1.807) is 0 Å². The van der Waals surface area contributed by atoms with Crippen LogP contribution >= 0.6 is 11.6 Å². The number of aromatic nitrogens is 4. The number of benzene rings is 1. The van der Waals surface area contributed by atoms with Gasteiger partial charge < -0.3 is 4.74 Å². The number of halogens is 5. The van der Waals surface area contributed by atoms with Crippen molar-refractivity contribution < 1.29 is 22.3 Å². The molecule has 2 heterocycles. The monoisotopic (exact) mass is 416 g/mol. The molecule has 0 atom stereocenters. The van der Waals surface area contributed by atoms with Crippen molar-refractivity contribution in [2.75, 3.05) is 0 Å². The van der Waals surface area contributed by atoms with Crippen LogP contribution in [-0.2, 0) is 13.2 Å². The maximum Gasteiger partial charge on any atom is 0.431 e. The van der Waals surface area contributed by atoms with Crippen LogP contribution in [0.5, 0.6) is 11.5 Å². The smallest absolute Gasteiger partial charge is 0.431 e. The van der Waals surface area contributed by atoms with E-state index >= 15 is 0 Å². The average Bonchev–Trinajstić information content (AvgIpc) is 2.61. The van der Waals surface area contributed by atoms with Crippen LogP contribution in [0.2, 0.25) is 5.02 Å². The van der Waals surface area contributed by atoms with Gasteiger partial charge in [0.1, 0.15) is 23.6 Å². The quantitative estimate of drug-likeness (QED) is 0.613. The highest BCUT2D eigenvalue weighted by Crippen LogP contribution is 2.32. The number of alkyl halides is 3. The number of hydrogen-bond donors (Lipinski definition) is 0. The fourth-order valence-corrected chi connectivity index (χ4v) is 2.54. The Bertz CT molecular complexity index is 1160. The fraction of sp³-hybridized carbons (Fsp3) is 0.125. The van der Waals surface area contributed by atoms with E-state index in [0.29, 0.717) is 0 Å². The molecule has 0 aliphatic carbocycles. The minimum absolute atomic E-state index is 0.120. The average molecular weight is 417 g/mol. The summed E-state index contributed by atoms with van der Waals surface area (Å²) in [4.78, 5) is 31.9. The maximum absolute atomic E-state index is 14.4. The van der Waals surface area contributed by atoms with Gasteiger partial charge in [-0.1, -0.05) is 11.6 Å². The molecule has 2 aromatic heterocycles. The van der Waals surface area contributed by atoms with E-state index in [1.165, 1.54) is 18.7 Å². The topological polar surface area (TPSA) is 79.0 Å². The minimum Gasteiger partial charge on any atom is -0.452 e. The molecule has 28 heavy (non-hydrogen) atoms. The lowest BCUT2D eigenvalue weighted by molar-refractivity contribution is -0.144. The molecule has 146 valence electrons. The molecule has 0 radical (unpaired) electrons. The molecule has 0 spiro atoms. The molecule has 3 rings (SSSR count). The van der Waals surface area contributed by atoms with Gasteiger partial charge in [0.25, 0.3) is 5.56 Å². The summed E-state index contributed by atoms with van der Waals surface area (Å²) in [5, 5.41) is -0.207. The van der Waals surface area contributed by atoms with E-state index in [0.717, 1.165) is 19.2 Å². The summed E-state index contributed by atoms with van der Waals surface area (Å²) in [7, 11) is 0.813. The molecule has 0 saturated carbocycles. The first-order valence-corrected chi connectivity index (χ1v) is 7.80.